The minimum atomic E-state index is -0.825. The van der Waals surface area contributed by atoms with Crippen molar-refractivity contribution in [2.75, 3.05) is 0 Å². The maximum atomic E-state index is 12.5. The summed E-state index contributed by atoms with van der Waals surface area (Å²) in [6.45, 7) is 3.77. The number of hydrogen-bond acceptors (Lipinski definition) is 6. The molecule has 1 aromatic carbocycles. The van der Waals surface area contributed by atoms with Gasteiger partial charge in [-0.2, -0.15) is 0 Å². The molecule has 0 saturated heterocycles. The molecule has 0 bridgehead atoms. The molecule has 26 heavy (non-hydrogen) atoms. The van der Waals surface area contributed by atoms with E-state index >= 15 is 0 Å². The topological polar surface area (TPSA) is 121 Å². The highest BCUT2D eigenvalue weighted by molar-refractivity contribution is 5.95. The predicted molar refractivity (Wildman–Crippen MR) is 94.6 cm³/mol. The third-order valence-electron chi connectivity index (χ3n) is 3.84. The molecule has 3 aromatic rings. The van der Waals surface area contributed by atoms with Crippen LogP contribution in [0.1, 0.15) is 34.6 Å². The van der Waals surface area contributed by atoms with Crippen molar-refractivity contribution in [3.8, 4) is 17.3 Å². The fraction of sp³-hybridized carbons (Fsp3) is 0.167. The van der Waals surface area contributed by atoms with Crippen LogP contribution in [0.5, 0.6) is 5.75 Å². The van der Waals surface area contributed by atoms with Crippen molar-refractivity contribution in [2.45, 2.75) is 19.9 Å². The summed E-state index contributed by atoms with van der Waals surface area (Å²) in [5, 5.41) is 12.7. The summed E-state index contributed by atoms with van der Waals surface area (Å²) in [6.07, 6.45) is 4.30. The summed E-state index contributed by atoms with van der Waals surface area (Å²) < 4.78 is 0. The lowest BCUT2D eigenvalue weighted by Crippen LogP contribution is -2.29. The molecular formula is C18H17N5O3. The van der Waals surface area contributed by atoms with Gasteiger partial charge < -0.3 is 15.4 Å². The van der Waals surface area contributed by atoms with Crippen LogP contribution in [0.15, 0.2) is 47.7 Å². The highest BCUT2D eigenvalue weighted by Gasteiger charge is 2.21. The number of aryl methyl sites for hydroxylation is 1. The van der Waals surface area contributed by atoms with E-state index in [1.165, 1.54) is 18.6 Å². The van der Waals surface area contributed by atoms with Gasteiger partial charge in [0.15, 0.2) is 11.5 Å². The first-order valence-corrected chi connectivity index (χ1v) is 7.93. The molecule has 0 spiro atoms. The molecule has 1 atom stereocenters. The number of aromatic nitrogens is 4. The Balaban J connectivity index is 1.90. The van der Waals surface area contributed by atoms with Crippen molar-refractivity contribution in [2.24, 2.45) is 0 Å². The molecule has 3 N–H and O–H groups in total. The van der Waals surface area contributed by atoms with Crippen LogP contribution in [-0.4, -0.2) is 30.9 Å². The smallest absolute Gasteiger partial charge is 0.294 e. The number of carbonyl (C=O) groups excluding carboxylic acids is 1. The predicted octanol–water partition coefficient (Wildman–Crippen LogP) is 1.73. The first-order valence-electron chi connectivity index (χ1n) is 7.93. The number of hydrogen-bond donors (Lipinski definition) is 3. The number of carbonyl (C=O) groups is 1. The van der Waals surface area contributed by atoms with Crippen molar-refractivity contribution >= 4 is 5.91 Å². The average molecular weight is 351 g/mol. The first kappa shape index (κ1) is 17.3. The number of nitrogens with zero attached hydrogens (tertiary/aromatic N) is 3. The Morgan fingerprint density at radius 2 is 1.96 bits per heavy atom. The van der Waals surface area contributed by atoms with Crippen LogP contribution in [-0.2, 0) is 0 Å². The van der Waals surface area contributed by atoms with E-state index in [1.807, 2.05) is 31.2 Å². The van der Waals surface area contributed by atoms with Crippen LogP contribution in [0.2, 0.25) is 0 Å². The Morgan fingerprint density at radius 1 is 1.23 bits per heavy atom. The van der Waals surface area contributed by atoms with Crippen molar-refractivity contribution < 1.29 is 9.90 Å². The number of aromatic hydroxyl groups is 1. The summed E-state index contributed by atoms with van der Waals surface area (Å²) in [5.41, 5.74) is 1.09. The molecule has 8 nitrogen and oxygen atoms in total. The van der Waals surface area contributed by atoms with Gasteiger partial charge in [0, 0.05) is 12.4 Å². The van der Waals surface area contributed by atoms with Gasteiger partial charge in [0.25, 0.3) is 11.5 Å². The normalized spacial score (nSPS) is 11.8. The molecule has 3 rings (SSSR count). The lowest BCUT2D eigenvalue weighted by molar-refractivity contribution is 0.0931. The van der Waals surface area contributed by atoms with Gasteiger partial charge in [-0.05, 0) is 19.4 Å². The van der Waals surface area contributed by atoms with Crippen LogP contribution in [0.4, 0.5) is 0 Å². The number of nitrogens with one attached hydrogen (secondary N) is 2. The zero-order valence-electron chi connectivity index (χ0n) is 14.2. The number of H-pyrrole nitrogens is 1. The molecule has 2 heterocycles. The fourth-order valence-electron chi connectivity index (χ4n) is 2.37. The maximum Gasteiger partial charge on any atom is 0.294 e. The van der Waals surface area contributed by atoms with Gasteiger partial charge in [0.1, 0.15) is 5.69 Å². The Bertz CT molecular complexity index is 984. The van der Waals surface area contributed by atoms with E-state index in [2.05, 4.69) is 25.3 Å². The molecule has 0 fully saturated rings. The van der Waals surface area contributed by atoms with E-state index in [-0.39, 0.29) is 23.3 Å². The largest absolute Gasteiger partial charge is 0.501 e. The lowest BCUT2D eigenvalue weighted by Gasteiger charge is -2.15. The van der Waals surface area contributed by atoms with Gasteiger partial charge in [0.2, 0.25) is 5.75 Å². The van der Waals surface area contributed by atoms with Crippen molar-refractivity contribution in [3.63, 3.8) is 0 Å². The van der Waals surface area contributed by atoms with Gasteiger partial charge in [-0.3, -0.25) is 14.6 Å². The molecule has 2 aromatic heterocycles. The first-order chi connectivity index (χ1) is 12.5. The summed E-state index contributed by atoms with van der Waals surface area (Å²) in [5.74, 6) is -1.35. The number of aromatic amines is 1. The monoisotopic (exact) mass is 351 g/mol. The Kier molecular flexibility index (Phi) is 4.74. The lowest BCUT2D eigenvalue weighted by atomic mass is 10.1. The Labute approximate surface area is 149 Å². The van der Waals surface area contributed by atoms with E-state index < -0.39 is 17.2 Å². The molecule has 1 amide bonds. The SMILES string of the molecule is Cc1ccc([C@@H](C)NC(=O)c2nc(-c3cnccn3)[nH]c(=O)c2O)cc1. The number of amides is 1. The third kappa shape index (κ3) is 3.59. The van der Waals surface area contributed by atoms with E-state index in [0.717, 1.165) is 11.1 Å². The fourth-order valence-corrected chi connectivity index (χ4v) is 2.37. The summed E-state index contributed by atoms with van der Waals surface area (Å²) in [6, 6.07) is 7.34. The second kappa shape index (κ2) is 7.14. The Hall–Kier alpha value is -3.55. The molecule has 8 heteroatoms. The van der Waals surface area contributed by atoms with Crippen LogP contribution in [0, 0.1) is 6.92 Å². The maximum absolute atomic E-state index is 12.5. The van der Waals surface area contributed by atoms with E-state index in [4.69, 9.17) is 0 Å². The van der Waals surface area contributed by atoms with Crippen LogP contribution in [0.3, 0.4) is 0 Å². The molecule has 0 aliphatic heterocycles. The highest BCUT2D eigenvalue weighted by Crippen LogP contribution is 2.17. The van der Waals surface area contributed by atoms with E-state index in [0.29, 0.717) is 0 Å². The number of rotatable bonds is 4. The summed E-state index contributed by atoms with van der Waals surface area (Å²) in [4.78, 5) is 38.8. The van der Waals surface area contributed by atoms with Gasteiger partial charge >= 0.3 is 0 Å². The van der Waals surface area contributed by atoms with Crippen molar-refractivity contribution in [1.29, 1.82) is 0 Å². The standard InChI is InChI=1S/C18H17N5O3/c1-10-3-5-12(6-4-10)11(2)21-17(25)14-15(24)18(26)23-16(22-14)13-9-19-7-8-20-13/h3-9,11,24H,1-2H3,(H,21,25)(H,22,23,26)/t11-/m1/s1. The van der Waals surface area contributed by atoms with Gasteiger partial charge in [-0.25, -0.2) is 9.97 Å². The quantitative estimate of drug-likeness (QED) is 0.658. The van der Waals surface area contributed by atoms with Crippen LogP contribution in [0.25, 0.3) is 11.5 Å². The summed E-state index contributed by atoms with van der Waals surface area (Å²) in [7, 11) is 0. The van der Waals surface area contributed by atoms with Gasteiger partial charge in [0.05, 0.1) is 12.2 Å². The molecule has 0 saturated carbocycles. The van der Waals surface area contributed by atoms with E-state index in [9.17, 15) is 14.7 Å². The summed E-state index contributed by atoms with van der Waals surface area (Å²) >= 11 is 0. The van der Waals surface area contributed by atoms with Gasteiger partial charge in [-0.1, -0.05) is 29.8 Å². The molecular weight excluding hydrogens is 334 g/mol. The van der Waals surface area contributed by atoms with Crippen LogP contribution >= 0.6 is 0 Å². The molecule has 132 valence electrons. The minimum absolute atomic E-state index is 0.0500. The molecule has 0 aliphatic rings. The average Bonchev–Trinajstić information content (AvgIpc) is 2.65. The van der Waals surface area contributed by atoms with Crippen molar-refractivity contribution in [1.82, 2.24) is 25.3 Å². The molecule has 0 unspecified atom stereocenters. The Morgan fingerprint density at radius 3 is 2.62 bits per heavy atom. The van der Waals surface area contributed by atoms with Crippen molar-refractivity contribution in [3.05, 3.63) is 70.0 Å². The zero-order valence-corrected chi connectivity index (χ0v) is 14.2. The number of benzene rings is 1. The van der Waals surface area contributed by atoms with Crippen LogP contribution < -0.4 is 10.9 Å². The second-order valence-corrected chi connectivity index (χ2v) is 5.81. The molecule has 0 aliphatic carbocycles. The third-order valence-corrected chi connectivity index (χ3v) is 3.84. The minimum Gasteiger partial charge on any atom is -0.501 e. The highest BCUT2D eigenvalue weighted by atomic mass is 16.3. The van der Waals surface area contributed by atoms with E-state index in [1.54, 1.807) is 6.92 Å². The zero-order chi connectivity index (χ0) is 18.7. The second-order valence-electron chi connectivity index (χ2n) is 5.81. The van der Waals surface area contributed by atoms with Gasteiger partial charge in [-0.15, -0.1) is 0 Å². The molecule has 0 radical (unpaired) electrons.